The molecular formula is C11H11N3O2S. The van der Waals surface area contributed by atoms with Crippen LogP contribution in [0.3, 0.4) is 0 Å². The van der Waals surface area contributed by atoms with E-state index in [1.54, 1.807) is 0 Å². The van der Waals surface area contributed by atoms with Crippen LogP contribution in [0.4, 0.5) is 0 Å². The first kappa shape index (κ1) is 11.5. The number of allylic oxidation sites excluding steroid dienone is 2. The van der Waals surface area contributed by atoms with E-state index in [2.05, 4.69) is 15.0 Å². The summed E-state index contributed by atoms with van der Waals surface area (Å²) in [4.78, 5) is 20.8. The minimum absolute atomic E-state index is 0.0908. The number of H-pyrrole nitrogens is 2. The third-order valence-corrected chi connectivity index (χ3v) is 2.57. The van der Waals surface area contributed by atoms with E-state index in [4.69, 9.17) is 12.2 Å². The molecule has 0 radical (unpaired) electrons. The van der Waals surface area contributed by atoms with E-state index in [0.717, 1.165) is 11.3 Å². The van der Waals surface area contributed by atoms with Crippen molar-refractivity contribution in [1.82, 2.24) is 9.97 Å². The molecule has 0 aromatic carbocycles. The molecule has 0 fully saturated rings. The van der Waals surface area contributed by atoms with E-state index >= 15 is 0 Å². The van der Waals surface area contributed by atoms with Gasteiger partial charge in [0.05, 0.1) is 5.70 Å². The lowest BCUT2D eigenvalue weighted by molar-refractivity contribution is 0.448. The second-order valence-corrected chi connectivity index (χ2v) is 4.19. The fraction of sp³-hybridized carbons (Fsp3) is 0.182. The van der Waals surface area contributed by atoms with Gasteiger partial charge >= 0.3 is 0 Å². The Morgan fingerprint density at radius 3 is 2.65 bits per heavy atom. The van der Waals surface area contributed by atoms with Crippen molar-refractivity contribution in [1.29, 1.82) is 0 Å². The summed E-state index contributed by atoms with van der Waals surface area (Å²) in [7, 11) is 0. The Hall–Kier alpha value is -1.95. The fourth-order valence-electron chi connectivity index (χ4n) is 1.60. The van der Waals surface area contributed by atoms with Crippen LogP contribution in [0.2, 0.25) is 0 Å². The Labute approximate surface area is 102 Å². The fourth-order valence-corrected chi connectivity index (χ4v) is 1.79. The third kappa shape index (κ3) is 2.26. The van der Waals surface area contributed by atoms with Crippen molar-refractivity contribution in [2.24, 2.45) is 4.99 Å². The maximum atomic E-state index is 11.6. The molecule has 0 saturated carbocycles. The van der Waals surface area contributed by atoms with Crippen molar-refractivity contribution in [3.05, 3.63) is 38.0 Å². The van der Waals surface area contributed by atoms with Gasteiger partial charge in [0.25, 0.3) is 5.56 Å². The van der Waals surface area contributed by atoms with Crippen LogP contribution < -0.4 is 5.56 Å². The molecule has 1 aromatic rings. The Morgan fingerprint density at radius 1 is 1.41 bits per heavy atom. The van der Waals surface area contributed by atoms with Crippen LogP contribution in [-0.2, 0) is 0 Å². The molecular weight excluding hydrogens is 238 g/mol. The quantitative estimate of drug-likeness (QED) is 0.665. The summed E-state index contributed by atoms with van der Waals surface area (Å²) in [5, 5.41) is 9.63. The Balaban J connectivity index is 2.59. The van der Waals surface area contributed by atoms with Gasteiger partial charge in [-0.25, -0.2) is 0 Å². The number of aromatic nitrogens is 2. The second-order valence-electron chi connectivity index (χ2n) is 3.78. The van der Waals surface area contributed by atoms with Crippen LogP contribution in [0.25, 0.3) is 6.08 Å². The smallest absolute Gasteiger partial charge is 0.262 e. The first-order valence-corrected chi connectivity index (χ1v) is 5.39. The molecule has 0 atom stereocenters. The predicted molar refractivity (Wildman–Crippen MR) is 68.8 cm³/mol. The van der Waals surface area contributed by atoms with Crippen molar-refractivity contribution >= 4 is 24.0 Å². The van der Waals surface area contributed by atoms with E-state index < -0.39 is 5.56 Å². The molecule has 0 amide bonds. The summed E-state index contributed by atoms with van der Waals surface area (Å²) < 4.78 is 0.0908. The van der Waals surface area contributed by atoms with Gasteiger partial charge in [-0.05, 0) is 43.8 Å². The zero-order valence-corrected chi connectivity index (χ0v) is 10.2. The van der Waals surface area contributed by atoms with Crippen LogP contribution in [0.15, 0.2) is 27.1 Å². The molecule has 6 heteroatoms. The van der Waals surface area contributed by atoms with E-state index in [9.17, 15) is 9.90 Å². The zero-order valence-electron chi connectivity index (χ0n) is 9.37. The van der Waals surface area contributed by atoms with E-state index in [1.165, 1.54) is 6.08 Å². The highest BCUT2D eigenvalue weighted by atomic mass is 32.1. The molecule has 0 bridgehead atoms. The first-order chi connectivity index (χ1) is 7.97. The zero-order chi connectivity index (χ0) is 12.6. The van der Waals surface area contributed by atoms with E-state index in [-0.39, 0.29) is 16.2 Å². The summed E-state index contributed by atoms with van der Waals surface area (Å²) in [5.41, 5.74) is 2.16. The van der Waals surface area contributed by atoms with Gasteiger partial charge in [0.15, 0.2) is 4.77 Å². The highest BCUT2D eigenvalue weighted by Gasteiger charge is 2.11. The Bertz CT molecular complexity index is 677. The standard InChI is InChI=1S/C11H11N3O2S/c1-5-3-6(2)12-8(5)4-7-9(15)13-11(17)14-10(7)16/h3-4H,1-2H3,(H3,13,14,15,16,17)/b8-4+. The number of hydrogen-bond acceptors (Lipinski definition) is 4. The normalized spacial score (nSPS) is 17.2. The second kappa shape index (κ2) is 4.14. The Morgan fingerprint density at radius 2 is 2.12 bits per heavy atom. The number of nitrogens with one attached hydrogen (secondary N) is 2. The van der Waals surface area contributed by atoms with Crippen LogP contribution in [-0.4, -0.2) is 20.8 Å². The lowest BCUT2D eigenvalue weighted by Crippen LogP contribution is -2.11. The van der Waals surface area contributed by atoms with Crippen LogP contribution in [0.5, 0.6) is 5.88 Å². The largest absolute Gasteiger partial charge is 0.494 e. The molecule has 1 aliphatic heterocycles. The van der Waals surface area contributed by atoms with Crippen molar-refractivity contribution in [2.45, 2.75) is 13.8 Å². The van der Waals surface area contributed by atoms with Gasteiger partial charge in [0.2, 0.25) is 5.88 Å². The summed E-state index contributed by atoms with van der Waals surface area (Å²) in [6, 6.07) is 0. The van der Waals surface area contributed by atoms with Gasteiger partial charge < -0.3 is 10.1 Å². The Kier molecular flexibility index (Phi) is 2.81. The topological polar surface area (TPSA) is 81.2 Å². The van der Waals surface area contributed by atoms with Crippen LogP contribution in [0.1, 0.15) is 19.4 Å². The van der Waals surface area contributed by atoms with Crippen molar-refractivity contribution < 1.29 is 5.11 Å². The van der Waals surface area contributed by atoms with Crippen molar-refractivity contribution in [3.8, 4) is 5.88 Å². The minimum atomic E-state index is -0.439. The average Bonchev–Trinajstić information content (AvgIpc) is 2.51. The predicted octanol–water partition coefficient (Wildman–Crippen LogP) is 1.90. The number of aromatic hydroxyl groups is 1. The number of hydrogen-bond donors (Lipinski definition) is 3. The van der Waals surface area contributed by atoms with Crippen molar-refractivity contribution in [2.75, 3.05) is 0 Å². The van der Waals surface area contributed by atoms with Crippen LogP contribution >= 0.6 is 12.2 Å². The highest BCUT2D eigenvalue weighted by Crippen LogP contribution is 2.22. The van der Waals surface area contributed by atoms with Gasteiger partial charge in [-0.1, -0.05) is 0 Å². The molecule has 0 unspecified atom stereocenters. The molecule has 88 valence electrons. The maximum absolute atomic E-state index is 11.6. The number of nitrogens with zero attached hydrogens (tertiary/aromatic N) is 1. The molecule has 1 aromatic heterocycles. The molecule has 0 spiro atoms. The SMILES string of the molecule is CC1=CC(C)=N/C1=C/c1c(O)[nH]c(=S)[nH]c1=O. The van der Waals surface area contributed by atoms with Gasteiger partial charge in [-0.2, -0.15) is 0 Å². The monoisotopic (exact) mass is 249 g/mol. The molecule has 0 saturated heterocycles. The summed E-state index contributed by atoms with van der Waals surface area (Å²) in [6.07, 6.45) is 3.43. The lowest BCUT2D eigenvalue weighted by Gasteiger charge is -2.00. The van der Waals surface area contributed by atoms with E-state index in [0.29, 0.717) is 5.70 Å². The molecule has 2 rings (SSSR count). The third-order valence-electron chi connectivity index (χ3n) is 2.37. The van der Waals surface area contributed by atoms with E-state index in [1.807, 2.05) is 19.9 Å². The van der Waals surface area contributed by atoms with Gasteiger partial charge in [0.1, 0.15) is 5.56 Å². The van der Waals surface area contributed by atoms with Crippen molar-refractivity contribution in [3.63, 3.8) is 0 Å². The first-order valence-electron chi connectivity index (χ1n) is 4.98. The molecule has 5 nitrogen and oxygen atoms in total. The molecule has 3 N–H and O–H groups in total. The molecule has 1 aliphatic rings. The van der Waals surface area contributed by atoms with Gasteiger partial charge in [-0.15, -0.1) is 0 Å². The average molecular weight is 249 g/mol. The number of aliphatic imine (C=N–C) groups is 1. The highest BCUT2D eigenvalue weighted by molar-refractivity contribution is 7.71. The number of aromatic amines is 2. The molecule has 2 heterocycles. The maximum Gasteiger partial charge on any atom is 0.262 e. The molecule has 17 heavy (non-hydrogen) atoms. The summed E-state index contributed by atoms with van der Waals surface area (Å²) >= 11 is 4.74. The van der Waals surface area contributed by atoms with Gasteiger partial charge in [-0.3, -0.25) is 14.8 Å². The lowest BCUT2D eigenvalue weighted by atomic mass is 10.2. The van der Waals surface area contributed by atoms with Crippen LogP contribution in [0, 0.1) is 4.77 Å². The summed E-state index contributed by atoms with van der Waals surface area (Å²) in [5.74, 6) is -0.251. The summed E-state index contributed by atoms with van der Waals surface area (Å²) in [6.45, 7) is 3.76. The number of rotatable bonds is 1. The minimum Gasteiger partial charge on any atom is -0.494 e. The van der Waals surface area contributed by atoms with Gasteiger partial charge in [0, 0.05) is 5.71 Å². The molecule has 0 aliphatic carbocycles.